The maximum Gasteiger partial charge on any atom is 0.308 e. The van der Waals surface area contributed by atoms with E-state index in [4.69, 9.17) is 9.47 Å². The monoisotopic (exact) mass is 431 g/mol. The number of nitrogens with zero attached hydrogens (tertiary/aromatic N) is 1. The number of aryl methyl sites for hydroxylation is 1. The Morgan fingerprint density at radius 3 is 2.56 bits per heavy atom. The predicted octanol–water partition coefficient (Wildman–Crippen LogP) is 4.72. The van der Waals surface area contributed by atoms with Crippen molar-refractivity contribution in [2.75, 3.05) is 20.2 Å². The fourth-order valence-electron chi connectivity index (χ4n) is 3.59. The summed E-state index contributed by atoms with van der Waals surface area (Å²) >= 11 is 3.61. The number of carbonyl (C=O) groups excluding carboxylic acids is 1. The van der Waals surface area contributed by atoms with Crippen LogP contribution in [-0.2, 0) is 22.7 Å². The lowest BCUT2D eigenvalue weighted by atomic mass is 9.96. The van der Waals surface area contributed by atoms with Crippen LogP contribution in [0.2, 0.25) is 0 Å². The Bertz CT molecular complexity index is 771. The molecular formula is C22H26BrNO3. The number of piperidine rings is 1. The molecule has 0 aliphatic carbocycles. The number of methoxy groups -OCH3 is 1. The Labute approximate surface area is 169 Å². The van der Waals surface area contributed by atoms with Crippen molar-refractivity contribution in [3.8, 4) is 5.75 Å². The van der Waals surface area contributed by atoms with Crippen molar-refractivity contribution in [3.63, 3.8) is 0 Å². The quantitative estimate of drug-likeness (QED) is 0.620. The SMILES string of the molecule is COC(=O)C1CCN(Cc2cc(Br)cc(C)c2OCc2ccccc2)CC1. The smallest absolute Gasteiger partial charge is 0.308 e. The lowest BCUT2D eigenvalue weighted by molar-refractivity contribution is -0.147. The van der Waals surface area contributed by atoms with Gasteiger partial charge >= 0.3 is 5.97 Å². The van der Waals surface area contributed by atoms with Gasteiger partial charge in [0, 0.05) is 16.6 Å². The molecule has 1 fully saturated rings. The Morgan fingerprint density at radius 1 is 1.19 bits per heavy atom. The minimum absolute atomic E-state index is 0.0318. The van der Waals surface area contributed by atoms with Crippen molar-refractivity contribution in [1.82, 2.24) is 4.90 Å². The van der Waals surface area contributed by atoms with Crippen LogP contribution in [0.15, 0.2) is 46.9 Å². The molecule has 0 unspecified atom stereocenters. The first-order chi connectivity index (χ1) is 13.1. The van der Waals surface area contributed by atoms with Gasteiger partial charge in [0.05, 0.1) is 13.0 Å². The number of rotatable bonds is 6. The Balaban J connectivity index is 1.68. The van der Waals surface area contributed by atoms with E-state index in [2.05, 4.69) is 52.0 Å². The first-order valence-corrected chi connectivity index (χ1v) is 10.1. The van der Waals surface area contributed by atoms with Gasteiger partial charge in [0.15, 0.2) is 0 Å². The van der Waals surface area contributed by atoms with Crippen molar-refractivity contribution in [2.45, 2.75) is 32.9 Å². The molecule has 1 aliphatic rings. The lowest BCUT2D eigenvalue weighted by Crippen LogP contribution is -2.36. The zero-order valence-electron chi connectivity index (χ0n) is 15.9. The third-order valence-corrected chi connectivity index (χ3v) is 5.52. The Morgan fingerprint density at radius 2 is 1.89 bits per heavy atom. The van der Waals surface area contributed by atoms with Gasteiger partial charge in [-0.15, -0.1) is 0 Å². The molecule has 0 N–H and O–H groups in total. The third kappa shape index (κ3) is 5.33. The number of halogens is 1. The second kappa shape index (κ2) is 9.38. The molecule has 2 aromatic carbocycles. The maximum atomic E-state index is 11.7. The molecule has 4 nitrogen and oxygen atoms in total. The van der Waals surface area contributed by atoms with Crippen molar-refractivity contribution >= 4 is 21.9 Å². The van der Waals surface area contributed by atoms with Gasteiger partial charge in [-0.05, 0) is 56.1 Å². The van der Waals surface area contributed by atoms with Crippen LogP contribution in [0.25, 0.3) is 0 Å². The van der Waals surface area contributed by atoms with E-state index < -0.39 is 0 Å². The summed E-state index contributed by atoms with van der Waals surface area (Å²) in [6.45, 7) is 5.24. The fraction of sp³-hybridized carbons (Fsp3) is 0.409. The second-order valence-electron chi connectivity index (χ2n) is 7.06. The first-order valence-electron chi connectivity index (χ1n) is 9.32. The zero-order chi connectivity index (χ0) is 19.2. The highest BCUT2D eigenvalue weighted by Crippen LogP contribution is 2.31. The van der Waals surface area contributed by atoms with Crippen molar-refractivity contribution in [1.29, 1.82) is 0 Å². The highest BCUT2D eigenvalue weighted by Gasteiger charge is 2.26. The fourth-order valence-corrected chi connectivity index (χ4v) is 4.21. The molecule has 0 amide bonds. The molecule has 1 saturated heterocycles. The standard InChI is InChI=1S/C22H26BrNO3/c1-16-12-20(23)13-19(21(16)27-15-17-6-4-3-5-7-17)14-24-10-8-18(9-11-24)22(25)26-2/h3-7,12-13,18H,8-11,14-15H2,1-2H3. The van der Waals surface area contributed by atoms with Gasteiger partial charge in [-0.2, -0.15) is 0 Å². The molecule has 2 aromatic rings. The average Bonchev–Trinajstić information content (AvgIpc) is 2.68. The molecule has 0 aromatic heterocycles. The maximum absolute atomic E-state index is 11.7. The van der Waals surface area contributed by atoms with E-state index in [0.29, 0.717) is 6.61 Å². The van der Waals surface area contributed by atoms with Gasteiger partial charge in [-0.25, -0.2) is 0 Å². The molecule has 0 bridgehead atoms. The van der Waals surface area contributed by atoms with E-state index >= 15 is 0 Å². The number of benzene rings is 2. The molecule has 1 heterocycles. The zero-order valence-corrected chi connectivity index (χ0v) is 17.5. The summed E-state index contributed by atoms with van der Waals surface area (Å²) in [5.41, 5.74) is 3.46. The summed E-state index contributed by atoms with van der Waals surface area (Å²) in [7, 11) is 1.47. The molecule has 0 spiro atoms. The second-order valence-corrected chi connectivity index (χ2v) is 7.97. The van der Waals surface area contributed by atoms with Crippen LogP contribution in [-0.4, -0.2) is 31.1 Å². The van der Waals surface area contributed by atoms with Gasteiger partial charge in [0.25, 0.3) is 0 Å². The van der Waals surface area contributed by atoms with Crippen LogP contribution >= 0.6 is 15.9 Å². The van der Waals surface area contributed by atoms with Crippen LogP contribution in [0.4, 0.5) is 0 Å². The predicted molar refractivity (Wildman–Crippen MR) is 110 cm³/mol. The van der Waals surface area contributed by atoms with Crippen LogP contribution in [0.5, 0.6) is 5.75 Å². The summed E-state index contributed by atoms with van der Waals surface area (Å²) < 4.78 is 12.2. The van der Waals surface area contributed by atoms with Gasteiger partial charge in [0.2, 0.25) is 0 Å². The lowest BCUT2D eigenvalue weighted by Gasteiger charge is -2.31. The van der Waals surface area contributed by atoms with Crippen molar-refractivity contribution in [2.24, 2.45) is 5.92 Å². The average molecular weight is 432 g/mol. The van der Waals surface area contributed by atoms with E-state index in [1.807, 2.05) is 18.2 Å². The Kier molecular flexibility index (Phi) is 6.91. The largest absolute Gasteiger partial charge is 0.488 e. The minimum atomic E-state index is -0.0835. The number of carbonyl (C=O) groups is 1. The normalized spacial score (nSPS) is 15.5. The van der Waals surface area contributed by atoms with Gasteiger partial charge in [0.1, 0.15) is 12.4 Å². The van der Waals surface area contributed by atoms with Crippen molar-refractivity contribution < 1.29 is 14.3 Å². The molecule has 144 valence electrons. The summed E-state index contributed by atoms with van der Waals surface area (Å²) in [5.74, 6) is 0.904. The molecule has 1 aliphatic heterocycles. The van der Waals surface area contributed by atoms with E-state index in [-0.39, 0.29) is 11.9 Å². The molecule has 27 heavy (non-hydrogen) atoms. The Hall–Kier alpha value is -1.85. The van der Waals surface area contributed by atoms with Crippen LogP contribution < -0.4 is 4.74 Å². The van der Waals surface area contributed by atoms with Crippen LogP contribution in [0.1, 0.15) is 29.5 Å². The number of esters is 1. The highest BCUT2D eigenvalue weighted by atomic mass is 79.9. The van der Waals surface area contributed by atoms with Crippen LogP contribution in [0.3, 0.4) is 0 Å². The van der Waals surface area contributed by atoms with Crippen LogP contribution in [0, 0.1) is 12.8 Å². The number of ether oxygens (including phenoxy) is 2. The molecule has 0 radical (unpaired) electrons. The first kappa shape index (κ1) is 19.9. The molecule has 5 heteroatoms. The topological polar surface area (TPSA) is 38.8 Å². The van der Waals surface area contributed by atoms with Gasteiger partial charge < -0.3 is 9.47 Å². The summed E-state index contributed by atoms with van der Waals surface area (Å²) in [6, 6.07) is 14.4. The van der Waals surface area contributed by atoms with Crippen molar-refractivity contribution in [3.05, 3.63) is 63.6 Å². The number of hydrogen-bond donors (Lipinski definition) is 0. The van der Waals surface area contributed by atoms with E-state index in [9.17, 15) is 4.79 Å². The molecule has 0 atom stereocenters. The minimum Gasteiger partial charge on any atom is -0.488 e. The summed E-state index contributed by atoms with van der Waals surface area (Å²) in [4.78, 5) is 14.1. The summed E-state index contributed by atoms with van der Waals surface area (Å²) in [5, 5.41) is 0. The van der Waals surface area contributed by atoms with Gasteiger partial charge in [-0.3, -0.25) is 9.69 Å². The molecule has 3 rings (SSSR count). The highest BCUT2D eigenvalue weighted by molar-refractivity contribution is 9.10. The van der Waals surface area contributed by atoms with E-state index in [0.717, 1.165) is 53.8 Å². The number of likely N-dealkylation sites (tertiary alicyclic amines) is 1. The molecule has 0 saturated carbocycles. The molecular weight excluding hydrogens is 406 g/mol. The third-order valence-electron chi connectivity index (χ3n) is 5.06. The van der Waals surface area contributed by atoms with Gasteiger partial charge in [-0.1, -0.05) is 46.3 Å². The van der Waals surface area contributed by atoms with E-state index in [1.165, 1.54) is 12.7 Å². The number of hydrogen-bond acceptors (Lipinski definition) is 4. The summed E-state index contributed by atoms with van der Waals surface area (Å²) in [6.07, 6.45) is 1.69. The van der Waals surface area contributed by atoms with E-state index in [1.54, 1.807) is 0 Å².